The number of unbranched alkanes of at least 4 members (excludes halogenated alkanes) is 4. The molecule has 1 fully saturated rings. The summed E-state index contributed by atoms with van der Waals surface area (Å²) in [6.07, 6.45) is 8.30. The van der Waals surface area contributed by atoms with E-state index in [1.165, 1.54) is 31.0 Å². The molecular weight excluding hydrogens is 470 g/mol. The van der Waals surface area contributed by atoms with Crippen LogP contribution in [0, 0.1) is 0 Å². The van der Waals surface area contributed by atoms with Crippen LogP contribution in [0.15, 0.2) is 11.2 Å². The molecule has 2 amide bonds. The second kappa shape index (κ2) is 15.5. The molecule has 1 unspecified atom stereocenters. The summed E-state index contributed by atoms with van der Waals surface area (Å²) in [5.41, 5.74) is 0. The minimum atomic E-state index is 0.106. The molecule has 192 valence electrons. The molecule has 34 heavy (non-hydrogen) atoms. The Kier molecular flexibility index (Phi) is 13.0. The lowest BCUT2D eigenvalue weighted by Crippen LogP contribution is -2.54. The highest BCUT2D eigenvalue weighted by Gasteiger charge is 2.28. The summed E-state index contributed by atoms with van der Waals surface area (Å²) in [5.74, 6) is 1.42. The normalized spacial score (nSPS) is 16.1. The minimum absolute atomic E-state index is 0.106. The van der Waals surface area contributed by atoms with Crippen LogP contribution in [0.3, 0.4) is 0 Å². The predicted octanol–water partition coefficient (Wildman–Crippen LogP) is 5.27. The molecule has 9 heteroatoms. The van der Waals surface area contributed by atoms with Crippen molar-refractivity contribution in [3.8, 4) is 0 Å². The maximum Gasteiger partial charge on any atom is 0.233 e. The van der Waals surface area contributed by atoms with Crippen LogP contribution in [0.5, 0.6) is 0 Å². The van der Waals surface area contributed by atoms with Gasteiger partial charge in [-0.1, -0.05) is 69.8 Å². The lowest BCUT2D eigenvalue weighted by atomic mass is 10.1. The fourth-order valence-electron chi connectivity index (χ4n) is 4.29. The Morgan fingerprint density at radius 3 is 2.41 bits per heavy atom. The third kappa shape index (κ3) is 9.25. The predicted molar refractivity (Wildman–Crippen MR) is 142 cm³/mol. The fourth-order valence-corrected chi connectivity index (χ4v) is 5.27. The molecule has 0 bridgehead atoms. The summed E-state index contributed by atoms with van der Waals surface area (Å²) >= 11 is 7.64. The molecule has 7 nitrogen and oxygen atoms in total. The minimum Gasteiger partial charge on any atom is -0.353 e. The van der Waals surface area contributed by atoms with Gasteiger partial charge in [-0.3, -0.25) is 9.59 Å². The first-order valence-electron chi connectivity index (χ1n) is 12.9. The van der Waals surface area contributed by atoms with E-state index in [2.05, 4.69) is 42.6 Å². The number of thioether (sulfide) groups is 1. The summed E-state index contributed by atoms with van der Waals surface area (Å²) < 4.78 is 0. The van der Waals surface area contributed by atoms with Gasteiger partial charge in [0.25, 0.3) is 0 Å². The lowest BCUT2D eigenvalue weighted by molar-refractivity contribution is -0.133. The van der Waals surface area contributed by atoms with Gasteiger partial charge in [0.2, 0.25) is 11.8 Å². The van der Waals surface area contributed by atoms with E-state index >= 15 is 0 Å². The second-order valence-electron chi connectivity index (χ2n) is 9.05. The van der Waals surface area contributed by atoms with Crippen LogP contribution in [-0.2, 0) is 9.59 Å². The summed E-state index contributed by atoms with van der Waals surface area (Å²) in [6, 6.07) is 1.88. The Morgan fingerprint density at radius 2 is 1.76 bits per heavy atom. The van der Waals surface area contributed by atoms with Crippen molar-refractivity contribution in [2.75, 3.05) is 43.4 Å². The first-order chi connectivity index (χ1) is 16.4. The van der Waals surface area contributed by atoms with Crippen LogP contribution < -0.4 is 4.90 Å². The largest absolute Gasteiger partial charge is 0.353 e. The van der Waals surface area contributed by atoms with Crippen LogP contribution in [0.25, 0.3) is 0 Å². The van der Waals surface area contributed by atoms with E-state index in [4.69, 9.17) is 11.6 Å². The number of hydrogen-bond donors (Lipinski definition) is 0. The molecule has 0 saturated carbocycles. The molecule has 0 spiro atoms. The quantitative estimate of drug-likeness (QED) is 0.147. The number of carbonyl (C=O) groups is 2. The Hall–Kier alpha value is -1.54. The van der Waals surface area contributed by atoms with E-state index in [0.29, 0.717) is 42.1 Å². The molecular formula is C25H42ClN5O2S. The zero-order valence-electron chi connectivity index (χ0n) is 21.4. The van der Waals surface area contributed by atoms with Crippen molar-refractivity contribution in [3.05, 3.63) is 11.2 Å². The number of nitrogens with zero attached hydrogens (tertiary/aromatic N) is 5. The molecule has 1 saturated heterocycles. The zero-order chi connectivity index (χ0) is 24.9. The lowest BCUT2D eigenvalue weighted by Gasteiger charge is -2.40. The summed E-state index contributed by atoms with van der Waals surface area (Å²) in [7, 11) is 0. The van der Waals surface area contributed by atoms with Crippen molar-refractivity contribution in [1.82, 2.24) is 19.8 Å². The molecule has 1 aliphatic heterocycles. The van der Waals surface area contributed by atoms with Gasteiger partial charge in [0, 0.05) is 51.3 Å². The van der Waals surface area contributed by atoms with Crippen molar-refractivity contribution in [1.29, 1.82) is 0 Å². The van der Waals surface area contributed by atoms with E-state index in [-0.39, 0.29) is 17.9 Å². The number of carbonyl (C=O) groups excluding carboxylic acids is 2. The van der Waals surface area contributed by atoms with Gasteiger partial charge >= 0.3 is 0 Å². The average Bonchev–Trinajstić information content (AvgIpc) is 2.81. The summed E-state index contributed by atoms with van der Waals surface area (Å²) in [6.45, 7) is 12.1. The molecule has 1 aromatic heterocycles. The van der Waals surface area contributed by atoms with Gasteiger partial charge in [0.1, 0.15) is 11.0 Å². The SMILES string of the molecule is CCCCCCCC(=O)N1CCN(c2cc(Cl)nc(SCC(=O)N(CCC)CCC)n2)CC1C. The van der Waals surface area contributed by atoms with Gasteiger partial charge in [0.05, 0.1) is 5.75 Å². The Labute approximate surface area is 215 Å². The number of amides is 2. The monoisotopic (exact) mass is 511 g/mol. The van der Waals surface area contributed by atoms with Crippen LogP contribution in [-0.4, -0.2) is 76.1 Å². The molecule has 1 aromatic rings. The van der Waals surface area contributed by atoms with Gasteiger partial charge < -0.3 is 14.7 Å². The third-order valence-electron chi connectivity index (χ3n) is 6.09. The van der Waals surface area contributed by atoms with Gasteiger partial charge in [-0.25, -0.2) is 9.97 Å². The van der Waals surface area contributed by atoms with Crippen molar-refractivity contribution < 1.29 is 9.59 Å². The van der Waals surface area contributed by atoms with Gasteiger partial charge in [0.15, 0.2) is 5.16 Å². The summed E-state index contributed by atoms with van der Waals surface area (Å²) in [5, 5.41) is 0.888. The standard InChI is InChI=1S/C25H42ClN5O2S/c1-5-8-9-10-11-12-23(32)31-16-15-30(18-20(31)4)22-17-21(26)27-25(28-22)34-19-24(33)29(13-6-2)14-7-3/h17,20H,5-16,18-19H2,1-4H3. The van der Waals surface area contributed by atoms with Gasteiger partial charge in [-0.05, 0) is 26.2 Å². The molecule has 0 aliphatic carbocycles. The first kappa shape index (κ1) is 28.7. The van der Waals surface area contributed by atoms with E-state index < -0.39 is 0 Å². The highest BCUT2D eigenvalue weighted by Crippen LogP contribution is 2.25. The number of halogens is 1. The fraction of sp³-hybridized carbons (Fsp3) is 0.760. The van der Waals surface area contributed by atoms with Crippen molar-refractivity contribution >= 4 is 41.0 Å². The number of piperazine rings is 1. The van der Waals surface area contributed by atoms with Crippen LogP contribution in [0.2, 0.25) is 5.15 Å². The second-order valence-corrected chi connectivity index (χ2v) is 10.4. The van der Waals surface area contributed by atoms with E-state index in [1.807, 2.05) is 9.80 Å². The average molecular weight is 512 g/mol. The third-order valence-corrected chi connectivity index (χ3v) is 7.12. The first-order valence-corrected chi connectivity index (χ1v) is 14.2. The molecule has 0 aromatic carbocycles. The van der Waals surface area contributed by atoms with Crippen molar-refractivity contribution in [3.63, 3.8) is 0 Å². The number of hydrogen-bond acceptors (Lipinski definition) is 6. The van der Waals surface area contributed by atoms with E-state index in [9.17, 15) is 9.59 Å². The highest BCUT2D eigenvalue weighted by molar-refractivity contribution is 7.99. The molecule has 1 aliphatic rings. The van der Waals surface area contributed by atoms with Crippen LogP contribution in [0.4, 0.5) is 5.82 Å². The number of rotatable bonds is 14. The Balaban J connectivity index is 1.92. The van der Waals surface area contributed by atoms with Crippen molar-refractivity contribution in [2.24, 2.45) is 0 Å². The maximum absolute atomic E-state index is 12.7. The Bertz CT molecular complexity index is 776. The molecule has 0 N–H and O–H groups in total. The van der Waals surface area contributed by atoms with E-state index in [1.54, 1.807) is 6.07 Å². The Morgan fingerprint density at radius 1 is 1.06 bits per heavy atom. The van der Waals surface area contributed by atoms with E-state index in [0.717, 1.165) is 44.6 Å². The maximum atomic E-state index is 12.7. The smallest absolute Gasteiger partial charge is 0.233 e. The zero-order valence-corrected chi connectivity index (χ0v) is 23.0. The molecule has 2 rings (SSSR count). The molecule has 1 atom stereocenters. The number of aromatic nitrogens is 2. The number of anilines is 1. The summed E-state index contributed by atoms with van der Waals surface area (Å²) in [4.78, 5) is 40.4. The molecule has 2 heterocycles. The van der Waals surface area contributed by atoms with Crippen LogP contribution in [0.1, 0.15) is 79.1 Å². The van der Waals surface area contributed by atoms with Crippen LogP contribution >= 0.6 is 23.4 Å². The highest BCUT2D eigenvalue weighted by atomic mass is 35.5. The van der Waals surface area contributed by atoms with Crippen molar-refractivity contribution in [2.45, 2.75) is 90.3 Å². The molecule has 0 radical (unpaired) electrons. The van der Waals surface area contributed by atoms with Gasteiger partial charge in [-0.15, -0.1) is 0 Å². The topological polar surface area (TPSA) is 69.6 Å². The van der Waals surface area contributed by atoms with Gasteiger partial charge in [-0.2, -0.15) is 0 Å².